The van der Waals surface area contributed by atoms with E-state index in [4.69, 9.17) is 10.5 Å². The lowest BCUT2D eigenvalue weighted by Gasteiger charge is -2.35. The van der Waals surface area contributed by atoms with Gasteiger partial charge in [0, 0.05) is 31.7 Å². The van der Waals surface area contributed by atoms with Crippen molar-refractivity contribution in [2.75, 3.05) is 32.8 Å². The monoisotopic (exact) mass is 389 g/mol. The highest BCUT2D eigenvalue weighted by molar-refractivity contribution is 5.94. The number of ether oxygens (including phenoxy) is 1. The Hall–Kier alpha value is -1.92. The standard InChI is InChI=1S/C21H27N3O2.ClH/c1-16-3-2-4-19(13-16)20(24-9-11-26-12-10-24)15-23-21(25)18-7-5-17(14-22)6-8-18;/h2-8,13,20H,9-12,14-15,22H2,1H3,(H,23,25);1H. The summed E-state index contributed by atoms with van der Waals surface area (Å²) in [5.41, 5.74) is 9.75. The van der Waals surface area contributed by atoms with E-state index < -0.39 is 0 Å². The van der Waals surface area contributed by atoms with Gasteiger partial charge in [-0.15, -0.1) is 12.4 Å². The van der Waals surface area contributed by atoms with Crippen LogP contribution in [0.25, 0.3) is 0 Å². The number of nitrogens with two attached hydrogens (primary N) is 1. The number of carbonyl (C=O) groups is 1. The summed E-state index contributed by atoms with van der Waals surface area (Å²) < 4.78 is 5.49. The molecule has 3 N–H and O–H groups in total. The smallest absolute Gasteiger partial charge is 0.251 e. The highest BCUT2D eigenvalue weighted by atomic mass is 35.5. The van der Waals surface area contributed by atoms with Crippen LogP contribution in [0.2, 0.25) is 0 Å². The molecule has 5 nitrogen and oxygen atoms in total. The average molecular weight is 390 g/mol. The number of carbonyl (C=O) groups excluding carboxylic acids is 1. The molecule has 1 saturated heterocycles. The summed E-state index contributed by atoms with van der Waals surface area (Å²) in [6, 6.07) is 16.1. The molecule has 6 heteroatoms. The van der Waals surface area contributed by atoms with Gasteiger partial charge in [-0.1, -0.05) is 42.0 Å². The number of halogens is 1. The predicted octanol–water partition coefficient (Wildman–Crippen LogP) is 2.68. The number of aryl methyl sites for hydroxylation is 1. The molecule has 1 aliphatic heterocycles. The Balaban J connectivity index is 0.00000261. The van der Waals surface area contributed by atoms with Crippen molar-refractivity contribution < 1.29 is 9.53 Å². The van der Waals surface area contributed by atoms with Crippen molar-refractivity contribution in [1.29, 1.82) is 0 Å². The van der Waals surface area contributed by atoms with Gasteiger partial charge in [0.2, 0.25) is 0 Å². The van der Waals surface area contributed by atoms with Crippen LogP contribution in [-0.2, 0) is 11.3 Å². The Bertz CT molecular complexity index is 730. The highest BCUT2D eigenvalue weighted by Crippen LogP contribution is 2.22. The summed E-state index contributed by atoms with van der Waals surface area (Å²) in [5.74, 6) is -0.0560. The molecular weight excluding hydrogens is 362 g/mol. The van der Waals surface area contributed by atoms with E-state index in [1.807, 2.05) is 24.3 Å². The largest absolute Gasteiger partial charge is 0.379 e. The van der Waals surface area contributed by atoms with Gasteiger partial charge in [0.15, 0.2) is 0 Å². The molecule has 0 bridgehead atoms. The van der Waals surface area contributed by atoms with Gasteiger partial charge in [0.05, 0.1) is 19.3 Å². The summed E-state index contributed by atoms with van der Waals surface area (Å²) in [6.45, 7) is 6.36. The Morgan fingerprint density at radius 3 is 2.52 bits per heavy atom. The van der Waals surface area contributed by atoms with Crippen molar-refractivity contribution in [1.82, 2.24) is 10.2 Å². The molecule has 1 amide bonds. The molecule has 3 rings (SSSR count). The molecule has 146 valence electrons. The SMILES string of the molecule is Cc1cccc(C(CNC(=O)c2ccc(CN)cc2)N2CCOCC2)c1.Cl. The van der Waals surface area contributed by atoms with Crippen LogP contribution in [0.3, 0.4) is 0 Å². The first kappa shape index (κ1) is 21.4. The normalized spacial score (nSPS) is 15.6. The van der Waals surface area contributed by atoms with Crippen molar-refractivity contribution in [3.8, 4) is 0 Å². The maximum atomic E-state index is 12.5. The molecule has 1 heterocycles. The van der Waals surface area contributed by atoms with Crippen LogP contribution in [0.5, 0.6) is 0 Å². The number of rotatable bonds is 6. The van der Waals surface area contributed by atoms with Crippen molar-refractivity contribution >= 4 is 18.3 Å². The number of hydrogen-bond donors (Lipinski definition) is 2. The molecule has 1 atom stereocenters. The maximum absolute atomic E-state index is 12.5. The van der Waals surface area contributed by atoms with Crippen molar-refractivity contribution in [3.63, 3.8) is 0 Å². The molecule has 1 fully saturated rings. The van der Waals surface area contributed by atoms with Gasteiger partial charge in [-0.05, 0) is 30.2 Å². The summed E-state index contributed by atoms with van der Waals surface area (Å²) >= 11 is 0. The molecule has 0 spiro atoms. The van der Waals surface area contributed by atoms with Gasteiger partial charge in [-0.3, -0.25) is 9.69 Å². The van der Waals surface area contributed by atoms with E-state index in [1.165, 1.54) is 11.1 Å². The van der Waals surface area contributed by atoms with Crippen molar-refractivity contribution in [2.45, 2.75) is 19.5 Å². The van der Waals surface area contributed by atoms with E-state index in [1.54, 1.807) is 0 Å². The quantitative estimate of drug-likeness (QED) is 0.797. The second-order valence-corrected chi connectivity index (χ2v) is 6.69. The second kappa shape index (κ2) is 10.4. The lowest BCUT2D eigenvalue weighted by molar-refractivity contribution is 0.0162. The lowest BCUT2D eigenvalue weighted by Crippen LogP contribution is -2.43. The number of benzene rings is 2. The van der Waals surface area contributed by atoms with E-state index in [0.29, 0.717) is 18.7 Å². The Kier molecular flexibility index (Phi) is 8.25. The highest BCUT2D eigenvalue weighted by Gasteiger charge is 2.23. The molecule has 0 aromatic heterocycles. The predicted molar refractivity (Wildman–Crippen MR) is 110 cm³/mol. The molecule has 1 unspecified atom stereocenters. The fourth-order valence-electron chi connectivity index (χ4n) is 3.31. The zero-order chi connectivity index (χ0) is 18.4. The number of hydrogen-bond acceptors (Lipinski definition) is 4. The fraction of sp³-hybridized carbons (Fsp3) is 0.381. The van der Waals surface area contributed by atoms with Crippen LogP contribution in [0.15, 0.2) is 48.5 Å². The third-order valence-electron chi connectivity index (χ3n) is 4.82. The van der Waals surface area contributed by atoms with Crippen LogP contribution < -0.4 is 11.1 Å². The summed E-state index contributed by atoms with van der Waals surface area (Å²) in [6.07, 6.45) is 0. The third kappa shape index (κ3) is 5.78. The van der Waals surface area contributed by atoms with Gasteiger partial charge >= 0.3 is 0 Å². The second-order valence-electron chi connectivity index (χ2n) is 6.69. The zero-order valence-corrected chi connectivity index (χ0v) is 16.5. The summed E-state index contributed by atoms with van der Waals surface area (Å²) in [7, 11) is 0. The molecule has 0 aliphatic carbocycles. The summed E-state index contributed by atoms with van der Waals surface area (Å²) in [4.78, 5) is 14.9. The summed E-state index contributed by atoms with van der Waals surface area (Å²) in [5, 5.41) is 3.10. The van der Waals surface area contributed by atoms with Crippen LogP contribution in [0, 0.1) is 6.92 Å². The van der Waals surface area contributed by atoms with Gasteiger partial charge in [-0.25, -0.2) is 0 Å². The molecular formula is C21H28ClN3O2. The third-order valence-corrected chi connectivity index (χ3v) is 4.82. The molecule has 0 radical (unpaired) electrons. The van der Waals surface area contributed by atoms with E-state index in [0.717, 1.165) is 31.9 Å². The van der Waals surface area contributed by atoms with E-state index >= 15 is 0 Å². The first-order valence-electron chi connectivity index (χ1n) is 9.13. The van der Waals surface area contributed by atoms with E-state index in [9.17, 15) is 4.79 Å². The lowest BCUT2D eigenvalue weighted by atomic mass is 10.0. The molecule has 1 aliphatic rings. The minimum absolute atomic E-state index is 0. The minimum atomic E-state index is -0.0560. The van der Waals surface area contributed by atoms with Gasteiger partial charge < -0.3 is 15.8 Å². The average Bonchev–Trinajstić information content (AvgIpc) is 2.69. The number of nitrogens with zero attached hydrogens (tertiary/aromatic N) is 1. The van der Waals surface area contributed by atoms with E-state index in [-0.39, 0.29) is 24.4 Å². The maximum Gasteiger partial charge on any atom is 0.251 e. The van der Waals surface area contributed by atoms with Gasteiger partial charge in [0.25, 0.3) is 5.91 Å². The van der Waals surface area contributed by atoms with E-state index in [2.05, 4.69) is 41.4 Å². The number of nitrogens with one attached hydrogen (secondary N) is 1. The van der Waals surface area contributed by atoms with Crippen molar-refractivity contribution in [3.05, 3.63) is 70.8 Å². The topological polar surface area (TPSA) is 67.6 Å². The van der Waals surface area contributed by atoms with Crippen LogP contribution in [0.1, 0.15) is 33.1 Å². The molecule has 27 heavy (non-hydrogen) atoms. The molecule has 2 aromatic carbocycles. The zero-order valence-electron chi connectivity index (χ0n) is 15.7. The first-order valence-corrected chi connectivity index (χ1v) is 9.13. The first-order chi connectivity index (χ1) is 12.7. The Morgan fingerprint density at radius 2 is 1.89 bits per heavy atom. The Labute approximate surface area is 167 Å². The fourth-order valence-corrected chi connectivity index (χ4v) is 3.31. The van der Waals surface area contributed by atoms with Crippen molar-refractivity contribution in [2.24, 2.45) is 5.73 Å². The minimum Gasteiger partial charge on any atom is -0.379 e. The molecule has 0 saturated carbocycles. The van der Waals surface area contributed by atoms with Gasteiger partial charge in [0.1, 0.15) is 0 Å². The van der Waals surface area contributed by atoms with Crippen LogP contribution in [0.4, 0.5) is 0 Å². The number of morpholine rings is 1. The van der Waals surface area contributed by atoms with Gasteiger partial charge in [-0.2, -0.15) is 0 Å². The van der Waals surface area contributed by atoms with Crippen LogP contribution >= 0.6 is 12.4 Å². The van der Waals surface area contributed by atoms with Crippen LogP contribution in [-0.4, -0.2) is 43.7 Å². The Morgan fingerprint density at radius 1 is 1.19 bits per heavy atom. The molecule has 2 aromatic rings. The number of amides is 1.